The summed E-state index contributed by atoms with van der Waals surface area (Å²) in [5.74, 6) is -3.42. The minimum atomic E-state index is -1.12. The highest BCUT2D eigenvalue weighted by Gasteiger charge is 2.49. The second-order valence-corrected chi connectivity index (χ2v) is 5.58. The lowest BCUT2D eigenvalue weighted by molar-refractivity contribution is -0.158. The Bertz CT molecular complexity index is 622. The van der Waals surface area contributed by atoms with Crippen molar-refractivity contribution in [3.8, 4) is 0 Å². The topological polar surface area (TPSA) is 66.8 Å². The van der Waals surface area contributed by atoms with Gasteiger partial charge in [0.15, 0.2) is 6.04 Å². The Morgan fingerprint density at radius 2 is 2.09 bits per heavy atom. The van der Waals surface area contributed by atoms with E-state index in [1.54, 1.807) is 0 Å². The third-order valence-electron chi connectivity index (χ3n) is 4.16. The van der Waals surface area contributed by atoms with Crippen LogP contribution in [-0.2, 0) is 14.3 Å². The SMILES string of the molecule is O=C(O)[C@@H]1COCCN1C(=O)[C@@H]1C[C@@H]1c1cc(F)ccc1F. The van der Waals surface area contributed by atoms with Gasteiger partial charge in [-0.25, -0.2) is 13.6 Å². The molecule has 1 aliphatic heterocycles. The zero-order valence-corrected chi connectivity index (χ0v) is 11.7. The van der Waals surface area contributed by atoms with Gasteiger partial charge < -0.3 is 14.7 Å². The van der Waals surface area contributed by atoms with Crippen LogP contribution in [0.2, 0.25) is 0 Å². The average Bonchev–Trinajstić information content (AvgIpc) is 3.29. The molecule has 0 spiro atoms. The minimum Gasteiger partial charge on any atom is -0.480 e. The number of morpholine rings is 1. The van der Waals surface area contributed by atoms with Crippen LogP contribution < -0.4 is 0 Å². The van der Waals surface area contributed by atoms with Gasteiger partial charge in [-0.3, -0.25) is 4.79 Å². The molecule has 2 fully saturated rings. The first-order valence-electron chi connectivity index (χ1n) is 7.05. The number of rotatable bonds is 3. The van der Waals surface area contributed by atoms with Crippen molar-refractivity contribution in [2.45, 2.75) is 18.4 Å². The predicted molar refractivity (Wildman–Crippen MR) is 71.2 cm³/mol. The van der Waals surface area contributed by atoms with Crippen LogP contribution in [0, 0.1) is 17.6 Å². The fourth-order valence-corrected chi connectivity index (χ4v) is 2.90. The number of ether oxygens (including phenoxy) is 1. The van der Waals surface area contributed by atoms with Crippen LogP contribution in [0.3, 0.4) is 0 Å². The average molecular weight is 311 g/mol. The molecule has 1 saturated heterocycles. The zero-order chi connectivity index (χ0) is 15.9. The number of carboxylic acid groups (broad SMARTS) is 1. The first-order valence-corrected chi connectivity index (χ1v) is 7.05. The summed E-state index contributed by atoms with van der Waals surface area (Å²) >= 11 is 0. The molecule has 118 valence electrons. The van der Waals surface area contributed by atoms with Gasteiger partial charge >= 0.3 is 5.97 Å². The third-order valence-corrected chi connectivity index (χ3v) is 4.16. The molecule has 7 heteroatoms. The number of benzene rings is 1. The number of carboxylic acids is 1. The highest BCUT2D eigenvalue weighted by Crippen LogP contribution is 2.49. The first kappa shape index (κ1) is 14.9. The Balaban J connectivity index is 1.74. The van der Waals surface area contributed by atoms with Gasteiger partial charge in [-0.05, 0) is 36.1 Å². The molecule has 2 aliphatic rings. The second kappa shape index (κ2) is 5.64. The summed E-state index contributed by atoms with van der Waals surface area (Å²) in [4.78, 5) is 24.9. The number of carbonyl (C=O) groups excluding carboxylic acids is 1. The van der Waals surface area contributed by atoms with E-state index in [2.05, 4.69) is 0 Å². The summed E-state index contributed by atoms with van der Waals surface area (Å²) in [6.45, 7) is 0.429. The molecule has 1 aliphatic carbocycles. The van der Waals surface area contributed by atoms with Crippen molar-refractivity contribution in [2.24, 2.45) is 5.92 Å². The van der Waals surface area contributed by atoms with Crippen LogP contribution in [0.4, 0.5) is 8.78 Å². The molecule has 3 rings (SSSR count). The van der Waals surface area contributed by atoms with Gasteiger partial charge in [0, 0.05) is 12.5 Å². The van der Waals surface area contributed by atoms with Crippen LogP contribution in [0.15, 0.2) is 18.2 Å². The van der Waals surface area contributed by atoms with E-state index in [0.29, 0.717) is 6.42 Å². The van der Waals surface area contributed by atoms with Crippen molar-refractivity contribution in [3.63, 3.8) is 0 Å². The van der Waals surface area contributed by atoms with E-state index in [9.17, 15) is 18.4 Å². The number of nitrogens with zero attached hydrogens (tertiary/aromatic N) is 1. The second-order valence-electron chi connectivity index (χ2n) is 5.58. The highest BCUT2D eigenvalue weighted by atomic mass is 19.1. The summed E-state index contributed by atoms with van der Waals surface area (Å²) in [6.07, 6.45) is 0.406. The van der Waals surface area contributed by atoms with Crippen molar-refractivity contribution in [3.05, 3.63) is 35.4 Å². The summed E-state index contributed by atoms with van der Waals surface area (Å²) in [6, 6.07) is 2.15. The molecule has 1 heterocycles. The maximum absolute atomic E-state index is 13.7. The van der Waals surface area contributed by atoms with Gasteiger partial charge in [0.05, 0.1) is 13.2 Å². The van der Waals surface area contributed by atoms with Crippen LogP contribution in [0.5, 0.6) is 0 Å². The molecule has 1 aromatic carbocycles. The summed E-state index contributed by atoms with van der Waals surface area (Å²) < 4.78 is 32.1. The maximum atomic E-state index is 13.7. The van der Waals surface area contributed by atoms with Crippen molar-refractivity contribution < 1.29 is 28.2 Å². The fourth-order valence-electron chi connectivity index (χ4n) is 2.90. The van der Waals surface area contributed by atoms with E-state index in [-0.39, 0.29) is 37.1 Å². The van der Waals surface area contributed by atoms with E-state index < -0.39 is 29.6 Å². The Morgan fingerprint density at radius 3 is 2.82 bits per heavy atom. The number of carbonyl (C=O) groups is 2. The molecular weight excluding hydrogens is 296 g/mol. The Morgan fingerprint density at radius 1 is 1.32 bits per heavy atom. The largest absolute Gasteiger partial charge is 0.480 e. The fraction of sp³-hybridized carbons (Fsp3) is 0.467. The quantitative estimate of drug-likeness (QED) is 0.916. The lowest BCUT2D eigenvalue weighted by Gasteiger charge is -2.33. The van der Waals surface area contributed by atoms with Crippen LogP contribution in [0.25, 0.3) is 0 Å². The molecule has 5 nitrogen and oxygen atoms in total. The molecule has 1 amide bonds. The van der Waals surface area contributed by atoms with Gasteiger partial charge in [-0.1, -0.05) is 0 Å². The van der Waals surface area contributed by atoms with Gasteiger partial charge in [0.25, 0.3) is 0 Å². The number of hydrogen-bond donors (Lipinski definition) is 1. The molecule has 1 aromatic rings. The molecule has 0 unspecified atom stereocenters. The van der Waals surface area contributed by atoms with E-state index in [1.807, 2.05) is 0 Å². The molecule has 0 radical (unpaired) electrons. The van der Waals surface area contributed by atoms with E-state index in [1.165, 1.54) is 4.90 Å². The lowest BCUT2D eigenvalue weighted by Crippen LogP contribution is -2.53. The van der Waals surface area contributed by atoms with Crippen LogP contribution in [0.1, 0.15) is 17.9 Å². The monoisotopic (exact) mass is 311 g/mol. The van der Waals surface area contributed by atoms with E-state index in [4.69, 9.17) is 9.84 Å². The Labute approximate surface area is 125 Å². The first-order chi connectivity index (χ1) is 10.5. The van der Waals surface area contributed by atoms with Crippen molar-refractivity contribution in [1.29, 1.82) is 0 Å². The number of aliphatic carboxylic acids is 1. The van der Waals surface area contributed by atoms with Crippen molar-refractivity contribution in [2.75, 3.05) is 19.8 Å². The van der Waals surface area contributed by atoms with Gasteiger partial charge in [-0.2, -0.15) is 0 Å². The van der Waals surface area contributed by atoms with Gasteiger partial charge in [-0.15, -0.1) is 0 Å². The summed E-state index contributed by atoms with van der Waals surface area (Å²) in [5, 5.41) is 9.14. The Hall–Kier alpha value is -2.02. The van der Waals surface area contributed by atoms with Gasteiger partial charge in [0.1, 0.15) is 11.6 Å². The molecule has 0 bridgehead atoms. The highest BCUT2D eigenvalue weighted by molar-refractivity contribution is 5.88. The summed E-state index contributed by atoms with van der Waals surface area (Å²) in [7, 11) is 0. The number of halogens is 2. The maximum Gasteiger partial charge on any atom is 0.328 e. The van der Waals surface area contributed by atoms with E-state index in [0.717, 1.165) is 18.2 Å². The normalized spacial score (nSPS) is 27.5. The standard InChI is InChI=1S/C15H15F2NO4/c16-8-1-2-12(17)10(5-8)9-6-11(9)14(19)18-3-4-22-7-13(18)15(20)21/h1-2,5,9,11,13H,3-4,6-7H2,(H,20,21)/t9-,11-,13+/m1/s1. The smallest absolute Gasteiger partial charge is 0.328 e. The van der Waals surface area contributed by atoms with E-state index >= 15 is 0 Å². The third kappa shape index (κ3) is 2.68. The molecular formula is C15H15F2NO4. The predicted octanol–water partition coefficient (Wildman–Crippen LogP) is 1.38. The number of hydrogen-bond acceptors (Lipinski definition) is 3. The number of amides is 1. The lowest BCUT2D eigenvalue weighted by atomic mass is 10.1. The molecule has 1 N–H and O–H groups in total. The van der Waals surface area contributed by atoms with Crippen LogP contribution >= 0.6 is 0 Å². The molecule has 3 atom stereocenters. The molecule has 0 aromatic heterocycles. The van der Waals surface area contributed by atoms with Crippen molar-refractivity contribution >= 4 is 11.9 Å². The van der Waals surface area contributed by atoms with Crippen LogP contribution in [-0.4, -0.2) is 47.7 Å². The Kier molecular flexibility index (Phi) is 3.82. The molecule has 22 heavy (non-hydrogen) atoms. The molecule has 1 saturated carbocycles. The zero-order valence-electron chi connectivity index (χ0n) is 11.7. The minimum absolute atomic E-state index is 0.0488. The van der Waals surface area contributed by atoms with Crippen molar-refractivity contribution in [1.82, 2.24) is 4.90 Å². The summed E-state index contributed by atoms with van der Waals surface area (Å²) in [5.41, 5.74) is 0.179. The van der Waals surface area contributed by atoms with Gasteiger partial charge in [0.2, 0.25) is 5.91 Å².